The first-order chi connectivity index (χ1) is 37.3. The number of aliphatic hydroxyl groups is 1. The number of aromatic carboxylic acids is 1. The number of ether oxygens (including phenoxy) is 5. The monoisotopic (exact) mass is 1140 g/mol. The smallest absolute Gasteiger partial charge is 0.338 e. The van der Waals surface area contributed by atoms with Crippen molar-refractivity contribution in [2.75, 3.05) is 6.61 Å². The zero-order valence-corrected chi connectivity index (χ0v) is 50.4. The molecule has 20 heteroatoms. The second-order valence-electron chi connectivity index (χ2n) is 24.2. The maximum absolute atomic E-state index is 16.7. The van der Waals surface area contributed by atoms with Crippen molar-refractivity contribution in [3.8, 4) is 5.75 Å². The Morgan fingerprint density at radius 2 is 1.44 bits per heavy atom. The van der Waals surface area contributed by atoms with Gasteiger partial charge in [-0.1, -0.05) is 91.8 Å². The number of hydrogen-bond donors (Lipinski definition) is 4. The van der Waals surface area contributed by atoms with Crippen molar-refractivity contribution in [1.29, 1.82) is 0 Å². The molecule has 2 bridgehead atoms. The molecule has 1 heterocycles. The van der Waals surface area contributed by atoms with Crippen LogP contribution < -0.4 is 5.32 Å². The van der Waals surface area contributed by atoms with E-state index in [0.717, 1.165) is 6.92 Å². The Balaban J connectivity index is 1.51. The number of benzene rings is 3. The van der Waals surface area contributed by atoms with E-state index in [4.69, 9.17) is 32.5 Å². The molecule has 7 rings (SSSR count). The molecular weight excluding hydrogens is 1060 g/mol. The highest BCUT2D eigenvalue weighted by atomic mass is 28.4. The predicted octanol–water partition coefficient (Wildman–Crippen LogP) is 9.20. The number of phenolic OH excluding ortho intramolecular Hbond substituents is 1. The van der Waals surface area contributed by atoms with Crippen molar-refractivity contribution in [2.45, 2.75) is 186 Å². The molecule has 80 heavy (non-hydrogen) atoms. The van der Waals surface area contributed by atoms with E-state index < -0.39 is 140 Å². The van der Waals surface area contributed by atoms with Crippen LogP contribution in [0.4, 0.5) is 0 Å². The number of esters is 4. The molecule has 3 aromatic rings. The molecule has 3 aromatic carbocycles. The topological polar surface area (TPSA) is 257 Å². The molecule has 1 saturated heterocycles. The van der Waals surface area contributed by atoms with Crippen LogP contribution in [-0.2, 0) is 51.7 Å². The first-order valence-electron chi connectivity index (χ1n) is 27.5. The number of aromatic hydroxyl groups is 1. The van der Waals surface area contributed by atoms with Crippen molar-refractivity contribution in [1.82, 2.24) is 5.32 Å². The van der Waals surface area contributed by atoms with Crippen LogP contribution in [0, 0.1) is 16.7 Å². The first-order valence-corrected chi connectivity index (χ1v) is 32.9. The van der Waals surface area contributed by atoms with Gasteiger partial charge in [-0.15, -0.1) is 0 Å². The average Bonchev–Trinajstić information content (AvgIpc) is 3.41. The second-order valence-corrected chi connectivity index (χ2v) is 33.7. The number of carbonyl (C=O) groups is 7. The summed E-state index contributed by atoms with van der Waals surface area (Å²) in [6.45, 7) is 24.1. The van der Waals surface area contributed by atoms with E-state index in [0.29, 0.717) is 18.1 Å². The van der Waals surface area contributed by atoms with Gasteiger partial charge in [0.2, 0.25) is 0 Å². The van der Waals surface area contributed by atoms with E-state index in [-0.39, 0.29) is 52.2 Å². The Morgan fingerprint density at radius 3 is 1.99 bits per heavy atom. The molecule has 4 N–H and O–H groups in total. The molecule has 1 aliphatic heterocycles. The van der Waals surface area contributed by atoms with Crippen LogP contribution in [0.5, 0.6) is 5.75 Å². The van der Waals surface area contributed by atoms with Crippen LogP contribution in [0.3, 0.4) is 0 Å². The van der Waals surface area contributed by atoms with Crippen molar-refractivity contribution in [3.05, 3.63) is 112 Å². The van der Waals surface area contributed by atoms with Crippen molar-refractivity contribution in [3.63, 3.8) is 0 Å². The molecule has 0 radical (unpaired) electrons. The molecule has 0 spiro atoms. The standard InChI is InChI=1S/C60H79NO17Si2/c1-15-80(16-2,17-3)77-43-31-44-59(33-72-44,76-36(6)63)49-51(75-54(69)40-27-22-28-41(64)30-40)60(71)32-42(34(4)45(57(60,10)11)47(73-35(5)62)50(65)58(43,49)12)74-55(70)48(78-79(13,14)56(7,8)9)46(38-25-21-26-39(29-38)53(67)68)61-52(66)37-23-19-18-20-24-37/h18-30,42-44,46-49,51,64,71H,15-17,31-33H2,1-14H3,(H,61,66)(H,67,68)/t42-,43-,44+,46-,47+,48+,49-,51-,58+,59-,60+/m0/s1. The zero-order chi connectivity index (χ0) is 59.3. The van der Waals surface area contributed by atoms with Crippen LogP contribution in [0.1, 0.15) is 139 Å². The summed E-state index contributed by atoms with van der Waals surface area (Å²) in [5.41, 5.74) is -7.59. The highest BCUT2D eigenvalue weighted by Crippen LogP contribution is 2.65. The lowest BCUT2D eigenvalue weighted by Crippen LogP contribution is -2.82. The minimum absolute atomic E-state index is 0.0217. The van der Waals surface area contributed by atoms with E-state index in [1.165, 1.54) is 49.4 Å². The largest absolute Gasteiger partial charge is 0.508 e. The third-order valence-corrected chi connectivity index (χ3v) is 27.5. The third-order valence-electron chi connectivity index (χ3n) is 18.4. The molecule has 2 saturated carbocycles. The van der Waals surface area contributed by atoms with Crippen molar-refractivity contribution >= 4 is 58.2 Å². The molecule has 11 atom stereocenters. The molecule has 434 valence electrons. The lowest BCUT2D eigenvalue weighted by atomic mass is 9.44. The molecule has 1 amide bonds. The second kappa shape index (κ2) is 22.7. The summed E-state index contributed by atoms with van der Waals surface area (Å²) < 4.78 is 46.7. The average molecular weight is 1140 g/mol. The molecule has 0 aromatic heterocycles. The number of hydrogen-bond acceptors (Lipinski definition) is 16. The fourth-order valence-corrected chi connectivity index (χ4v) is 16.7. The number of ketones is 1. The predicted molar refractivity (Wildman–Crippen MR) is 298 cm³/mol. The van der Waals surface area contributed by atoms with E-state index >= 15 is 9.59 Å². The molecular formula is C60H79NO17Si2. The SMILES string of the molecule is CC[Si](CC)(CC)O[C@H]1C[C@H]2OC[C@@]2(OC(C)=O)[C@H]2[C@H](OC(=O)c3cccc(O)c3)[C@]3(O)C[C@H](OC(=O)[C@H](O[Si](C)(C)C(C)(C)C)[C@@H](NC(=O)c4ccccc4)c4cccc(C(=O)O)c4)C(C)=C([C@@H](OC(C)=O)C(=O)[C@]12C)C3(C)C. The molecule has 3 aliphatic carbocycles. The van der Waals surface area contributed by atoms with Crippen molar-refractivity contribution < 1.29 is 81.4 Å². The number of amides is 1. The van der Waals surface area contributed by atoms with Gasteiger partial charge in [-0.2, -0.15) is 0 Å². The molecule has 3 fully saturated rings. The fourth-order valence-electron chi connectivity index (χ4n) is 12.5. The normalized spacial score (nSPS) is 28.0. The van der Waals surface area contributed by atoms with Gasteiger partial charge in [-0.25, -0.2) is 14.4 Å². The number of phenols is 1. The van der Waals surface area contributed by atoms with Gasteiger partial charge >= 0.3 is 29.8 Å². The number of rotatable bonds is 18. The minimum atomic E-state index is -3.11. The summed E-state index contributed by atoms with van der Waals surface area (Å²) in [5.74, 6) is -8.17. The van der Waals surface area contributed by atoms with Gasteiger partial charge in [0.1, 0.15) is 29.7 Å². The molecule has 0 unspecified atom stereocenters. The van der Waals surface area contributed by atoms with Crippen LogP contribution in [0.2, 0.25) is 36.3 Å². The number of Topliss-reactive ketones (excluding diaryl/α,β-unsaturated/α-hetero) is 1. The first kappa shape index (κ1) is 61.6. The fraction of sp³-hybridized carbons (Fsp3) is 0.550. The lowest BCUT2D eigenvalue weighted by Gasteiger charge is -2.68. The van der Waals surface area contributed by atoms with E-state index in [1.807, 2.05) is 54.6 Å². The maximum atomic E-state index is 16.7. The Kier molecular flexibility index (Phi) is 17.5. The van der Waals surface area contributed by atoms with Gasteiger partial charge in [-0.05, 0) is 109 Å². The molecule has 18 nitrogen and oxygen atoms in total. The number of nitrogens with one attached hydrogen (secondary N) is 1. The van der Waals surface area contributed by atoms with Gasteiger partial charge in [-0.3, -0.25) is 19.2 Å². The number of carboxylic acid groups (broad SMARTS) is 1. The quantitative estimate of drug-likeness (QED) is 0.0400. The highest BCUT2D eigenvalue weighted by molar-refractivity contribution is 6.74. The number of fused-ring (bicyclic) bond motifs is 5. The van der Waals surface area contributed by atoms with Crippen LogP contribution in [0.25, 0.3) is 0 Å². The van der Waals surface area contributed by atoms with Gasteiger partial charge < -0.3 is 53.2 Å². The Bertz CT molecular complexity index is 2920. The van der Waals surface area contributed by atoms with Crippen molar-refractivity contribution in [2.24, 2.45) is 16.7 Å². The van der Waals surface area contributed by atoms with E-state index in [9.17, 15) is 39.3 Å². The summed E-state index contributed by atoms with van der Waals surface area (Å²) in [4.78, 5) is 101. The Morgan fingerprint density at radius 1 is 0.825 bits per heavy atom. The van der Waals surface area contributed by atoms with Crippen LogP contribution in [0.15, 0.2) is 90.0 Å². The third kappa shape index (κ3) is 11.1. The molecule has 4 aliphatic rings. The van der Waals surface area contributed by atoms with E-state index in [2.05, 4.69) is 5.32 Å². The maximum Gasteiger partial charge on any atom is 0.338 e. The van der Waals surface area contributed by atoms with Gasteiger partial charge in [0, 0.05) is 37.7 Å². The van der Waals surface area contributed by atoms with Crippen LogP contribution >= 0.6 is 0 Å². The van der Waals surface area contributed by atoms with E-state index in [1.54, 1.807) is 64.1 Å². The summed E-state index contributed by atoms with van der Waals surface area (Å²) in [5, 5.41) is 37.7. The summed E-state index contributed by atoms with van der Waals surface area (Å²) in [6.07, 6.45) is -9.54. The minimum Gasteiger partial charge on any atom is -0.508 e. The van der Waals surface area contributed by atoms with Gasteiger partial charge in [0.05, 0.1) is 41.2 Å². The van der Waals surface area contributed by atoms with Gasteiger partial charge in [0.15, 0.2) is 40.2 Å². The lowest BCUT2D eigenvalue weighted by molar-refractivity contribution is -0.344. The number of carbonyl (C=O) groups excluding carboxylic acids is 6. The van der Waals surface area contributed by atoms with Crippen LogP contribution in [-0.4, -0.2) is 128 Å². The zero-order valence-electron chi connectivity index (χ0n) is 48.4. The Labute approximate surface area is 470 Å². The summed E-state index contributed by atoms with van der Waals surface area (Å²) in [6, 6.07) is 19.8. The number of carboxylic acids is 1. The summed E-state index contributed by atoms with van der Waals surface area (Å²) >= 11 is 0. The summed E-state index contributed by atoms with van der Waals surface area (Å²) in [7, 11) is -5.84. The van der Waals surface area contributed by atoms with Gasteiger partial charge in [0.25, 0.3) is 5.91 Å². The highest BCUT2D eigenvalue weighted by Gasteiger charge is 2.79. The Hall–Kier alpha value is -6.04.